The van der Waals surface area contributed by atoms with Crippen molar-refractivity contribution in [2.75, 3.05) is 13.7 Å². The number of amides is 1. The summed E-state index contributed by atoms with van der Waals surface area (Å²) >= 11 is 0. The van der Waals surface area contributed by atoms with E-state index in [0.29, 0.717) is 13.1 Å². The van der Waals surface area contributed by atoms with E-state index >= 15 is 0 Å². The van der Waals surface area contributed by atoms with Gasteiger partial charge in [0.2, 0.25) is 5.91 Å². The average Bonchev–Trinajstić information content (AvgIpc) is 3.10. The first-order valence-electron chi connectivity index (χ1n) is 8.67. The molecule has 2 heterocycles. The lowest BCUT2D eigenvalue weighted by atomic mass is 9.97. The number of halogens is 2. The second-order valence-electron chi connectivity index (χ2n) is 6.73. The summed E-state index contributed by atoms with van der Waals surface area (Å²) in [6, 6.07) is 11.8. The third kappa shape index (κ3) is 5.83. The normalized spacial score (nSPS) is 18.1. The van der Waals surface area contributed by atoms with Crippen LogP contribution in [0.25, 0.3) is 0 Å². The molecule has 27 heavy (non-hydrogen) atoms. The van der Waals surface area contributed by atoms with Crippen molar-refractivity contribution in [1.29, 1.82) is 0 Å². The van der Waals surface area contributed by atoms with Crippen LogP contribution >= 0.6 is 24.8 Å². The van der Waals surface area contributed by atoms with Gasteiger partial charge in [0.1, 0.15) is 5.75 Å². The van der Waals surface area contributed by atoms with E-state index in [2.05, 4.69) is 10.3 Å². The fourth-order valence-corrected chi connectivity index (χ4v) is 3.29. The largest absolute Gasteiger partial charge is 0.497 e. The molecule has 0 spiro atoms. The molecule has 0 saturated carbocycles. The Morgan fingerprint density at radius 2 is 1.70 bits per heavy atom. The van der Waals surface area contributed by atoms with Crippen LogP contribution in [-0.4, -0.2) is 35.0 Å². The Morgan fingerprint density at radius 1 is 1.11 bits per heavy atom. The van der Waals surface area contributed by atoms with Crippen LogP contribution in [0.4, 0.5) is 0 Å². The van der Waals surface area contributed by atoms with Crippen molar-refractivity contribution in [3.05, 3.63) is 59.9 Å². The zero-order valence-corrected chi connectivity index (χ0v) is 17.3. The Balaban J connectivity index is 0.00000182. The molecule has 1 amide bonds. The first-order chi connectivity index (χ1) is 12.1. The summed E-state index contributed by atoms with van der Waals surface area (Å²) < 4.78 is 5.22. The minimum Gasteiger partial charge on any atom is -0.497 e. The van der Waals surface area contributed by atoms with Gasteiger partial charge >= 0.3 is 0 Å². The van der Waals surface area contributed by atoms with Crippen LogP contribution in [0.1, 0.15) is 30.9 Å². The highest BCUT2D eigenvalue weighted by Crippen LogP contribution is 2.24. The Hall–Kier alpha value is -1.82. The quantitative estimate of drug-likeness (QED) is 0.788. The number of nitrogens with zero attached hydrogens (tertiary/aromatic N) is 2. The van der Waals surface area contributed by atoms with E-state index in [9.17, 15) is 4.79 Å². The second-order valence-corrected chi connectivity index (χ2v) is 6.73. The van der Waals surface area contributed by atoms with Gasteiger partial charge in [0.15, 0.2) is 0 Å². The predicted octanol–water partition coefficient (Wildman–Crippen LogP) is 3.60. The van der Waals surface area contributed by atoms with Gasteiger partial charge in [-0.25, -0.2) is 0 Å². The molecule has 0 bridgehead atoms. The zero-order chi connectivity index (χ0) is 17.7. The number of carbonyl (C=O) groups excluding carboxylic acids is 1. The Labute approximate surface area is 173 Å². The van der Waals surface area contributed by atoms with E-state index in [1.54, 1.807) is 19.5 Å². The van der Waals surface area contributed by atoms with Gasteiger partial charge in [-0.15, -0.1) is 24.8 Å². The van der Waals surface area contributed by atoms with Crippen molar-refractivity contribution in [2.45, 2.75) is 38.4 Å². The molecular weight excluding hydrogens is 385 g/mol. The molecule has 1 fully saturated rings. The van der Waals surface area contributed by atoms with Gasteiger partial charge < -0.3 is 15.0 Å². The monoisotopic (exact) mass is 411 g/mol. The van der Waals surface area contributed by atoms with E-state index in [1.165, 1.54) is 0 Å². The molecule has 7 heteroatoms. The number of rotatable bonds is 6. The summed E-state index contributed by atoms with van der Waals surface area (Å²) in [5, 5.41) is 3.38. The summed E-state index contributed by atoms with van der Waals surface area (Å²) in [6.45, 7) is 4.05. The minimum absolute atomic E-state index is 0. The third-order valence-electron chi connectivity index (χ3n) is 4.78. The number of carbonyl (C=O) groups is 1. The summed E-state index contributed by atoms with van der Waals surface area (Å²) in [6.07, 6.45) is 5.44. The van der Waals surface area contributed by atoms with E-state index < -0.39 is 5.54 Å². The van der Waals surface area contributed by atoms with E-state index in [-0.39, 0.29) is 30.7 Å². The van der Waals surface area contributed by atoms with Crippen molar-refractivity contribution in [3.8, 4) is 5.75 Å². The van der Waals surface area contributed by atoms with E-state index in [0.717, 1.165) is 36.3 Å². The first kappa shape index (κ1) is 23.2. The van der Waals surface area contributed by atoms with Crippen molar-refractivity contribution >= 4 is 30.7 Å². The summed E-state index contributed by atoms with van der Waals surface area (Å²) in [5.41, 5.74) is 1.70. The molecule has 1 aliphatic heterocycles. The number of aromatic nitrogens is 1. The number of benzene rings is 1. The Bertz CT molecular complexity index is 705. The summed E-state index contributed by atoms with van der Waals surface area (Å²) in [5.74, 6) is 0.970. The smallest absolute Gasteiger partial charge is 0.243 e. The maximum absolute atomic E-state index is 13.2. The van der Waals surface area contributed by atoms with Crippen LogP contribution in [0.2, 0.25) is 0 Å². The number of nitrogens with one attached hydrogen (secondary N) is 1. The fraction of sp³-hybridized carbons (Fsp3) is 0.400. The van der Waals surface area contributed by atoms with Gasteiger partial charge in [-0.05, 0) is 61.7 Å². The molecule has 2 aromatic rings. The van der Waals surface area contributed by atoms with E-state index in [4.69, 9.17) is 4.74 Å². The summed E-state index contributed by atoms with van der Waals surface area (Å²) in [4.78, 5) is 19.2. The third-order valence-corrected chi connectivity index (χ3v) is 4.78. The second kappa shape index (κ2) is 10.5. The molecule has 3 rings (SSSR count). The Kier molecular flexibility index (Phi) is 9.03. The van der Waals surface area contributed by atoms with Crippen LogP contribution in [0, 0.1) is 0 Å². The molecular formula is C20H27Cl2N3O2. The van der Waals surface area contributed by atoms with Gasteiger partial charge in [-0.1, -0.05) is 12.1 Å². The van der Waals surface area contributed by atoms with Gasteiger partial charge in [-0.2, -0.15) is 0 Å². The molecule has 1 aromatic carbocycles. The molecule has 0 unspecified atom stereocenters. The van der Waals surface area contributed by atoms with E-state index in [1.807, 2.05) is 48.2 Å². The molecule has 1 saturated heterocycles. The van der Waals surface area contributed by atoms with Crippen molar-refractivity contribution < 1.29 is 9.53 Å². The van der Waals surface area contributed by atoms with Gasteiger partial charge in [-0.3, -0.25) is 9.78 Å². The molecule has 1 aromatic heterocycles. The van der Waals surface area contributed by atoms with Crippen LogP contribution < -0.4 is 10.1 Å². The lowest BCUT2D eigenvalue weighted by Crippen LogP contribution is -2.52. The first-order valence-corrected chi connectivity index (χ1v) is 8.67. The number of hydrogen-bond donors (Lipinski definition) is 1. The predicted molar refractivity (Wildman–Crippen MR) is 112 cm³/mol. The topological polar surface area (TPSA) is 54.5 Å². The number of methoxy groups -OCH3 is 1. The van der Waals surface area contributed by atoms with Crippen molar-refractivity contribution in [1.82, 2.24) is 15.2 Å². The van der Waals surface area contributed by atoms with Crippen LogP contribution in [0.5, 0.6) is 5.75 Å². The molecule has 0 aliphatic carbocycles. The highest BCUT2D eigenvalue weighted by Gasteiger charge is 2.38. The van der Waals surface area contributed by atoms with Gasteiger partial charge in [0.25, 0.3) is 0 Å². The highest BCUT2D eigenvalue weighted by atomic mass is 35.5. The van der Waals surface area contributed by atoms with Crippen LogP contribution in [-0.2, 0) is 17.9 Å². The molecule has 1 aliphatic rings. The molecule has 1 N–H and O–H groups in total. The van der Waals surface area contributed by atoms with Crippen LogP contribution in [0.3, 0.4) is 0 Å². The highest BCUT2D eigenvalue weighted by molar-refractivity contribution is 5.86. The minimum atomic E-state index is -0.473. The van der Waals surface area contributed by atoms with Crippen LogP contribution in [0.15, 0.2) is 48.8 Å². The maximum atomic E-state index is 13.2. The van der Waals surface area contributed by atoms with Crippen molar-refractivity contribution in [2.24, 2.45) is 0 Å². The number of pyridine rings is 1. The molecule has 148 valence electrons. The Morgan fingerprint density at radius 3 is 2.22 bits per heavy atom. The standard InChI is InChI=1S/C20H25N3O2.2ClH/c1-20(10-3-11-22-20)19(24)23(15-17-8-12-21-13-9-17)14-16-4-6-18(25-2)7-5-16;;/h4-9,12-13,22H,3,10-11,14-15H2,1-2H3;2*1H/t20-;;/m1../s1. The molecule has 5 nitrogen and oxygen atoms in total. The lowest BCUT2D eigenvalue weighted by molar-refractivity contribution is -0.138. The summed E-state index contributed by atoms with van der Waals surface area (Å²) in [7, 11) is 1.65. The SMILES string of the molecule is COc1ccc(CN(Cc2ccncc2)C(=O)[C@@]2(C)CCCN2)cc1.Cl.Cl. The lowest BCUT2D eigenvalue weighted by Gasteiger charge is -2.32. The molecule has 1 atom stereocenters. The zero-order valence-electron chi connectivity index (χ0n) is 15.7. The fourth-order valence-electron chi connectivity index (χ4n) is 3.29. The van der Waals surface area contributed by atoms with Crippen molar-refractivity contribution in [3.63, 3.8) is 0 Å². The average molecular weight is 412 g/mol. The molecule has 0 radical (unpaired) electrons. The number of hydrogen-bond acceptors (Lipinski definition) is 4. The maximum Gasteiger partial charge on any atom is 0.243 e. The van der Waals surface area contributed by atoms with Gasteiger partial charge in [0, 0.05) is 25.5 Å². The number of ether oxygens (including phenoxy) is 1. The van der Waals surface area contributed by atoms with Gasteiger partial charge in [0.05, 0.1) is 12.6 Å².